The second-order valence-corrected chi connectivity index (χ2v) is 14.6. The maximum absolute atomic E-state index is 12.8. The highest BCUT2D eigenvalue weighted by Gasteiger charge is 2.55. The third-order valence-electron chi connectivity index (χ3n) is 11.1. The first-order chi connectivity index (χ1) is 26.3. The largest absolute Gasteiger partial charge is 0.491 e. The molecule has 3 aliphatic rings. The van der Waals surface area contributed by atoms with E-state index in [0.717, 1.165) is 56.1 Å². The fourth-order valence-electron chi connectivity index (χ4n) is 7.54. The van der Waals surface area contributed by atoms with E-state index in [2.05, 4.69) is 106 Å². The van der Waals surface area contributed by atoms with Gasteiger partial charge in [0.05, 0.1) is 30.7 Å². The number of ether oxygens (including phenoxy) is 3. The van der Waals surface area contributed by atoms with Crippen molar-refractivity contribution in [2.24, 2.45) is 5.41 Å². The average Bonchev–Trinajstić information content (AvgIpc) is 3.99. The van der Waals surface area contributed by atoms with Crippen LogP contribution in [-0.4, -0.2) is 80.6 Å². The summed E-state index contributed by atoms with van der Waals surface area (Å²) in [5.74, 6) is -0.166. The molecule has 12 nitrogen and oxygen atoms in total. The molecular weight excluding hydrogens is 681 g/mol. The summed E-state index contributed by atoms with van der Waals surface area (Å²) in [5, 5.41) is 13.1. The van der Waals surface area contributed by atoms with Crippen LogP contribution in [0.3, 0.4) is 0 Å². The van der Waals surface area contributed by atoms with Crippen molar-refractivity contribution in [1.29, 1.82) is 0 Å². The van der Waals surface area contributed by atoms with Crippen LogP contribution in [0.1, 0.15) is 45.2 Å². The molecule has 2 fully saturated rings. The van der Waals surface area contributed by atoms with E-state index < -0.39 is 11.2 Å². The van der Waals surface area contributed by atoms with Crippen LogP contribution in [0.5, 0.6) is 5.75 Å². The van der Waals surface area contributed by atoms with Crippen LogP contribution in [0.2, 0.25) is 0 Å². The van der Waals surface area contributed by atoms with Crippen LogP contribution in [0, 0.1) is 5.41 Å². The summed E-state index contributed by atoms with van der Waals surface area (Å²) in [4.78, 5) is 19.3. The van der Waals surface area contributed by atoms with Gasteiger partial charge in [-0.3, -0.25) is 0 Å². The molecule has 1 aliphatic carbocycles. The predicted octanol–water partition coefficient (Wildman–Crippen LogP) is 6.16. The van der Waals surface area contributed by atoms with E-state index in [-0.39, 0.29) is 17.8 Å². The van der Waals surface area contributed by atoms with Crippen LogP contribution < -0.4 is 20.2 Å². The Labute approximate surface area is 315 Å². The standard InChI is InChI=1S/C42H48N8O4/c1-4-32(2)50-40(51)48(31-45-50)37-12-10-35(11-13-37)46-24-26-47(27-25-46)36-14-16-38(17-15-36)52-28-39-29-53-42(54-39,30-49-43-22-23-44-49)41(3)20-18-34(19-21-41)33-8-6-5-7-9-33/h5-20,22-23,31-32,39H,4,21,24-30H2,1-3H3/t32?,39-,41?,42-/m1/s1. The molecule has 0 saturated carbocycles. The van der Waals surface area contributed by atoms with Crippen LogP contribution >= 0.6 is 0 Å². The van der Waals surface area contributed by atoms with Crippen molar-refractivity contribution in [2.45, 2.75) is 58.1 Å². The van der Waals surface area contributed by atoms with Gasteiger partial charge in [-0.05, 0) is 79.4 Å². The highest BCUT2D eigenvalue weighted by atomic mass is 16.8. The quantitative estimate of drug-likeness (QED) is 0.149. The van der Waals surface area contributed by atoms with Crippen LogP contribution in [0.4, 0.5) is 11.4 Å². The molecule has 2 unspecified atom stereocenters. The molecule has 8 rings (SSSR count). The number of allylic oxidation sites excluding steroid dienone is 3. The maximum atomic E-state index is 12.8. The number of benzene rings is 3. The van der Waals surface area contributed by atoms with Gasteiger partial charge in [-0.2, -0.15) is 20.1 Å². The summed E-state index contributed by atoms with van der Waals surface area (Å²) >= 11 is 0. The first-order valence-corrected chi connectivity index (χ1v) is 18.9. The van der Waals surface area contributed by atoms with Gasteiger partial charge in [-0.15, -0.1) is 0 Å². The van der Waals surface area contributed by atoms with E-state index in [0.29, 0.717) is 19.8 Å². The average molecular weight is 729 g/mol. The van der Waals surface area contributed by atoms with Crippen molar-refractivity contribution in [3.8, 4) is 11.4 Å². The summed E-state index contributed by atoms with van der Waals surface area (Å²) in [7, 11) is 0. The number of hydrogen-bond donors (Lipinski definition) is 0. The van der Waals surface area contributed by atoms with E-state index >= 15 is 0 Å². The molecule has 0 N–H and O–H groups in total. The molecule has 0 bridgehead atoms. The number of hydrogen-bond acceptors (Lipinski definition) is 9. The van der Waals surface area contributed by atoms with E-state index in [1.54, 1.807) is 32.8 Å². The van der Waals surface area contributed by atoms with Gasteiger partial charge in [0.25, 0.3) is 0 Å². The Morgan fingerprint density at radius 2 is 1.52 bits per heavy atom. The molecule has 280 valence electrons. The number of rotatable bonds is 12. The lowest BCUT2D eigenvalue weighted by Gasteiger charge is -2.43. The first-order valence-electron chi connectivity index (χ1n) is 18.9. The molecule has 3 aromatic carbocycles. The van der Waals surface area contributed by atoms with E-state index in [9.17, 15) is 4.79 Å². The maximum Gasteiger partial charge on any atom is 0.350 e. The Kier molecular flexibility index (Phi) is 9.95. The Morgan fingerprint density at radius 1 is 0.870 bits per heavy atom. The molecular formula is C42H48N8O4. The van der Waals surface area contributed by atoms with Crippen molar-refractivity contribution in [1.82, 2.24) is 29.3 Å². The summed E-state index contributed by atoms with van der Waals surface area (Å²) in [6.45, 7) is 11.0. The highest BCUT2D eigenvalue weighted by molar-refractivity contribution is 5.75. The molecule has 0 radical (unpaired) electrons. The summed E-state index contributed by atoms with van der Waals surface area (Å²) in [6, 6.07) is 27.0. The van der Waals surface area contributed by atoms with Gasteiger partial charge in [0.2, 0.25) is 0 Å². The molecule has 0 spiro atoms. The number of piperazine rings is 1. The zero-order valence-corrected chi connectivity index (χ0v) is 31.2. The molecule has 12 heteroatoms. The minimum atomic E-state index is -0.958. The lowest BCUT2D eigenvalue weighted by atomic mass is 9.74. The molecule has 5 aromatic rings. The Balaban J connectivity index is 0.852. The Morgan fingerprint density at radius 3 is 2.15 bits per heavy atom. The van der Waals surface area contributed by atoms with E-state index in [4.69, 9.17) is 14.2 Å². The van der Waals surface area contributed by atoms with Gasteiger partial charge in [-0.1, -0.05) is 62.4 Å². The molecule has 2 aliphatic heterocycles. The number of anilines is 2. The van der Waals surface area contributed by atoms with Crippen molar-refractivity contribution in [3.05, 3.63) is 132 Å². The minimum Gasteiger partial charge on any atom is -0.491 e. The topological polar surface area (TPSA) is 105 Å². The first kappa shape index (κ1) is 35.6. The van der Waals surface area contributed by atoms with Gasteiger partial charge < -0.3 is 24.0 Å². The number of nitrogens with zero attached hydrogens (tertiary/aromatic N) is 8. The summed E-state index contributed by atoms with van der Waals surface area (Å²) < 4.78 is 22.8. The third-order valence-corrected chi connectivity index (χ3v) is 11.1. The fourth-order valence-corrected chi connectivity index (χ4v) is 7.54. The van der Waals surface area contributed by atoms with Crippen LogP contribution in [-0.2, 0) is 16.0 Å². The summed E-state index contributed by atoms with van der Waals surface area (Å²) in [6.07, 6.45) is 13.0. The van der Waals surface area contributed by atoms with Gasteiger partial charge in [0.1, 0.15) is 31.3 Å². The second-order valence-electron chi connectivity index (χ2n) is 14.6. The van der Waals surface area contributed by atoms with Crippen molar-refractivity contribution >= 4 is 16.9 Å². The Hall–Kier alpha value is -5.46. The van der Waals surface area contributed by atoms with Crippen LogP contribution in [0.15, 0.2) is 121 Å². The van der Waals surface area contributed by atoms with Crippen molar-refractivity contribution < 1.29 is 14.2 Å². The van der Waals surface area contributed by atoms with Gasteiger partial charge >= 0.3 is 5.69 Å². The highest BCUT2D eigenvalue weighted by Crippen LogP contribution is 2.48. The van der Waals surface area contributed by atoms with Gasteiger partial charge in [0, 0.05) is 43.0 Å². The van der Waals surface area contributed by atoms with E-state index in [1.165, 1.54) is 16.8 Å². The van der Waals surface area contributed by atoms with Gasteiger partial charge in [0.15, 0.2) is 5.79 Å². The third kappa shape index (κ3) is 7.11. The molecule has 2 saturated heterocycles. The smallest absolute Gasteiger partial charge is 0.350 e. The summed E-state index contributed by atoms with van der Waals surface area (Å²) in [5.41, 5.74) is 4.97. The predicted molar refractivity (Wildman–Crippen MR) is 209 cm³/mol. The fraction of sp³-hybridized carbons (Fsp3) is 0.381. The minimum absolute atomic E-state index is 0.0684. The Bertz CT molecular complexity index is 2120. The zero-order chi connectivity index (χ0) is 37.1. The number of aromatic nitrogens is 6. The molecule has 4 heterocycles. The van der Waals surface area contributed by atoms with Crippen LogP contribution in [0.25, 0.3) is 11.3 Å². The second kappa shape index (κ2) is 15.1. The SMILES string of the molecule is CCC(C)n1ncn(-c2ccc(N3CCN(c4ccc(OC[C@@H]5CO[C@@](Cn6nccn6)(C6(C)C=CC(c7ccccc7)=CC6)O5)cc4)CC3)cc2)c1=O. The monoisotopic (exact) mass is 728 g/mol. The van der Waals surface area contributed by atoms with Crippen molar-refractivity contribution in [3.63, 3.8) is 0 Å². The van der Waals surface area contributed by atoms with Crippen molar-refractivity contribution in [2.75, 3.05) is 49.2 Å². The normalized spacial score (nSPS) is 23.4. The molecule has 0 amide bonds. The molecule has 54 heavy (non-hydrogen) atoms. The zero-order valence-electron chi connectivity index (χ0n) is 31.2. The molecule has 2 aromatic heterocycles. The van der Waals surface area contributed by atoms with Gasteiger partial charge in [-0.25, -0.2) is 14.0 Å². The lowest BCUT2D eigenvalue weighted by molar-refractivity contribution is -0.239. The lowest BCUT2D eigenvalue weighted by Crippen LogP contribution is -2.51. The molecule has 4 atom stereocenters. The van der Waals surface area contributed by atoms with E-state index in [1.807, 2.05) is 37.3 Å².